The molecule has 2 heteroatoms. The molecule has 0 atom stereocenters. The Bertz CT molecular complexity index is 263. The van der Waals surface area contributed by atoms with E-state index in [-0.39, 0.29) is 0 Å². The zero-order valence-corrected chi connectivity index (χ0v) is 18.3. The van der Waals surface area contributed by atoms with Crippen LogP contribution in [0.25, 0.3) is 0 Å². The summed E-state index contributed by atoms with van der Waals surface area (Å²) in [6, 6.07) is 0. The molecule has 0 aromatic carbocycles. The van der Waals surface area contributed by atoms with Crippen molar-refractivity contribution < 1.29 is 0 Å². The van der Waals surface area contributed by atoms with Gasteiger partial charge in [0.05, 0.1) is 0 Å². The van der Waals surface area contributed by atoms with Gasteiger partial charge in [-0.15, -0.1) is 0 Å². The van der Waals surface area contributed by atoms with Gasteiger partial charge in [-0.25, -0.2) is 0 Å². The zero-order chi connectivity index (χ0) is 19.0. The summed E-state index contributed by atoms with van der Waals surface area (Å²) in [5.74, 6) is 0. The molecular weight excluding hydrogens is 316 g/mol. The highest BCUT2D eigenvalue weighted by Gasteiger charge is 1.93. The highest BCUT2D eigenvalue weighted by Crippen LogP contribution is 2.09. The summed E-state index contributed by atoms with van der Waals surface area (Å²) in [5, 5.41) is 7.00. The molecule has 0 bridgehead atoms. The standard InChI is InChI=1S/C24H50N2/c1-3-5-7-17-21-25-23-19-15-13-11-9-10-12-14-16-20-24-26-22-18-8-6-4-2/h19,23,25-26H,3-18,20-22,24H2,1-2H3. The summed E-state index contributed by atoms with van der Waals surface area (Å²) < 4.78 is 0. The van der Waals surface area contributed by atoms with Crippen LogP contribution in [-0.4, -0.2) is 19.6 Å². The Morgan fingerprint density at radius 1 is 0.500 bits per heavy atom. The Morgan fingerprint density at radius 3 is 1.54 bits per heavy atom. The summed E-state index contributed by atoms with van der Waals surface area (Å²) in [5.41, 5.74) is 0. The van der Waals surface area contributed by atoms with E-state index < -0.39 is 0 Å². The molecule has 0 rings (SSSR count). The molecule has 0 unspecified atom stereocenters. The van der Waals surface area contributed by atoms with Crippen LogP contribution in [0.15, 0.2) is 12.3 Å². The number of hydrogen-bond acceptors (Lipinski definition) is 2. The molecule has 0 fully saturated rings. The Hall–Kier alpha value is -0.500. The first-order valence-corrected chi connectivity index (χ1v) is 12.0. The van der Waals surface area contributed by atoms with Gasteiger partial charge in [0, 0.05) is 6.54 Å². The molecule has 2 nitrogen and oxygen atoms in total. The van der Waals surface area contributed by atoms with Crippen molar-refractivity contribution in [3.05, 3.63) is 12.3 Å². The fourth-order valence-electron chi connectivity index (χ4n) is 3.28. The summed E-state index contributed by atoms with van der Waals surface area (Å²) in [6.45, 7) is 8.14. The van der Waals surface area contributed by atoms with Crippen LogP contribution in [0.2, 0.25) is 0 Å². The smallest absolute Gasteiger partial charge is 0.0141 e. The van der Waals surface area contributed by atoms with Crippen molar-refractivity contribution in [1.82, 2.24) is 10.6 Å². The number of unbranched alkanes of at least 4 members (excludes halogenated alkanes) is 14. The maximum Gasteiger partial charge on any atom is 0.0141 e. The first-order valence-electron chi connectivity index (χ1n) is 12.0. The Kier molecular flexibility index (Phi) is 24.0. The quantitative estimate of drug-likeness (QED) is 0.196. The molecule has 2 N–H and O–H groups in total. The van der Waals surface area contributed by atoms with Gasteiger partial charge in [0.2, 0.25) is 0 Å². The zero-order valence-electron chi connectivity index (χ0n) is 18.3. The number of hydrogen-bond donors (Lipinski definition) is 2. The molecule has 0 saturated carbocycles. The van der Waals surface area contributed by atoms with Gasteiger partial charge in [-0.2, -0.15) is 0 Å². The first kappa shape index (κ1) is 25.5. The number of allylic oxidation sites excluding steroid dienone is 1. The van der Waals surface area contributed by atoms with Gasteiger partial charge >= 0.3 is 0 Å². The van der Waals surface area contributed by atoms with Crippen molar-refractivity contribution in [1.29, 1.82) is 0 Å². The normalized spacial score (nSPS) is 11.5. The van der Waals surface area contributed by atoms with Crippen molar-refractivity contribution in [2.75, 3.05) is 19.6 Å². The maximum atomic E-state index is 3.58. The van der Waals surface area contributed by atoms with E-state index in [9.17, 15) is 0 Å². The van der Waals surface area contributed by atoms with Crippen LogP contribution in [-0.2, 0) is 0 Å². The SMILES string of the molecule is CCCCCCNC=CCCCCCCCCCCNCCCCCC. The molecule has 0 aromatic heterocycles. The van der Waals surface area contributed by atoms with Gasteiger partial charge in [0.25, 0.3) is 0 Å². The first-order chi connectivity index (χ1) is 12.9. The van der Waals surface area contributed by atoms with Gasteiger partial charge in [0.15, 0.2) is 0 Å². The lowest BCUT2D eigenvalue weighted by atomic mass is 10.1. The number of rotatable bonds is 22. The van der Waals surface area contributed by atoms with Crippen molar-refractivity contribution in [3.63, 3.8) is 0 Å². The number of nitrogens with one attached hydrogen (secondary N) is 2. The van der Waals surface area contributed by atoms with Crippen LogP contribution in [0.5, 0.6) is 0 Å². The predicted octanol–water partition coefficient (Wildman–Crippen LogP) is 7.35. The minimum Gasteiger partial charge on any atom is -0.391 e. The molecule has 0 saturated heterocycles. The molecule has 0 aromatic rings. The van der Waals surface area contributed by atoms with E-state index in [2.05, 4.69) is 36.8 Å². The van der Waals surface area contributed by atoms with E-state index in [0.29, 0.717) is 0 Å². The van der Waals surface area contributed by atoms with E-state index >= 15 is 0 Å². The van der Waals surface area contributed by atoms with Crippen LogP contribution in [0.4, 0.5) is 0 Å². The highest BCUT2D eigenvalue weighted by molar-refractivity contribution is 4.79. The molecule has 0 aliphatic carbocycles. The second-order valence-corrected chi connectivity index (χ2v) is 7.84. The van der Waals surface area contributed by atoms with E-state index in [1.165, 1.54) is 122 Å². The largest absolute Gasteiger partial charge is 0.391 e. The van der Waals surface area contributed by atoms with E-state index in [0.717, 1.165) is 6.54 Å². The van der Waals surface area contributed by atoms with Crippen molar-refractivity contribution in [2.24, 2.45) is 0 Å². The fourth-order valence-corrected chi connectivity index (χ4v) is 3.28. The summed E-state index contributed by atoms with van der Waals surface area (Å²) in [4.78, 5) is 0. The fraction of sp³-hybridized carbons (Fsp3) is 0.917. The maximum absolute atomic E-state index is 3.58. The molecule has 0 radical (unpaired) electrons. The summed E-state index contributed by atoms with van der Waals surface area (Å²) >= 11 is 0. The predicted molar refractivity (Wildman–Crippen MR) is 120 cm³/mol. The monoisotopic (exact) mass is 366 g/mol. The minimum atomic E-state index is 1.14. The molecule has 0 aliphatic rings. The van der Waals surface area contributed by atoms with Crippen molar-refractivity contribution in [2.45, 2.75) is 123 Å². The van der Waals surface area contributed by atoms with Crippen molar-refractivity contribution >= 4 is 0 Å². The van der Waals surface area contributed by atoms with Crippen LogP contribution in [0.1, 0.15) is 123 Å². The van der Waals surface area contributed by atoms with Crippen LogP contribution in [0.3, 0.4) is 0 Å². The van der Waals surface area contributed by atoms with Crippen LogP contribution >= 0.6 is 0 Å². The molecule has 0 amide bonds. The molecule has 0 aliphatic heterocycles. The Balaban J connectivity index is 3.02. The summed E-state index contributed by atoms with van der Waals surface area (Å²) in [7, 11) is 0. The van der Waals surface area contributed by atoms with E-state index in [1.54, 1.807) is 0 Å². The average molecular weight is 367 g/mol. The Morgan fingerprint density at radius 2 is 0.962 bits per heavy atom. The van der Waals surface area contributed by atoms with E-state index in [1.807, 2.05) is 0 Å². The topological polar surface area (TPSA) is 24.1 Å². The average Bonchev–Trinajstić information content (AvgIpc) is 2.66. The van der Waals surface area contributed by atoms with Gasteiger partial charge in [-0.1, -0.05) is 97.0 Å². The lowest BCUT2D eigenvalue weighted by Gasteiger charge is -2.05. The van der Waals surface area contributed by atoms with Crippen LogP contribution in [0, 0.1) is 0 Å². The second kappa shape index (κ2) is 24.5. The van der Waals surface area contributed by atoms with Crippen LogP contribution < -0.4 is 10.6 Å². The Labute approximate surface area is 166 Å². The molecule has 156 valence electrons. The molecule has 0 heterocycles. The lowest BCUT2D eigenvalue weighted by molar-refractivity contribution is 0.540. The van der Waals surface area contributed by atoms with Crippen molar-refractivity contribution in [3.8, 4) is 0 Å². The minimum absolute atomic E-state index is 1.14. The molecular formula is C24H50N2. The molecule has 0 spiro atoms. The van der Waals surface area contributed by atoms with E-state index in [4.69, 9.17) is 0 Å². The lowest BCUT2D eigenvalue weighted by Crippen LogP contribution is -2.16. The van der Waals surface area contributed by atoms with Gasteiger partial charge in [0.1, 0.15) is 0 Å². The van der Waals surface area contributed by atoms with Gasteiger partial charge in [-0.3, -0.25) is 0 Å². The summed E-state index contributed by atoms with van der Waals surface area (Å²) in [6.07, 6.45) is 27.9. The highest BCUT2D eigenvalue weighted by atomic mass is 14.8. The third-order valence-electron chi connectivity index (χ3n) is 5.09. The van der Waals surface area contributed by atoms with Gasteiger partial charge < -0.3 is 10.6 Å². The van der Waals surface area contributed by atoms with Gasteiger partial charge in [-0.05, 0) is 51.4 Å². The second-order valence-electron chi connectivity index (χ2n) is 7.84. The molecule has 26 heavy (non-hydrogen) atoms. The third kappa shape index (κ3) is 23.5. The third-order valence-corrected chi connectivity index (χ3v) is 5.09.